The highest BCUT2D eigenvalue weighted by Crippen LogP contribution is 2.44. The van der Waals surface area contributed by atoms with Crippen LogP contribution in [-0.2, 0) is 16.0 Å². The lowest BCUT2D eigenvalue weighted by Gasteiger charge is -2.19. The van der Waals surface area contributed by atoms with Crippen molar-refractivity contribution in [2.45, 2.75) is 12.5 Å². The molecule has 4 N–H and O–H groups in total. The fraction of sp³-hybridized carbons (Fsp3) is 0.0556. The maximum absolute atomic E-state index is 13.5. The van der Waals surface area contributed by atoms with Crippen LogP contribution >= 0.6 is 67.8 Å². The smallest absolute Gasteiger partial charge is 0.326 e. The van der Waals surface area contributed by atoms with Crippen molar-refractivity contribution in [1.29, 1.82) is 0 Å². The lowest BCUT2D eigenvalue weighted by molar-refractivity contribution is -0.139. The van der Waals surface area contributed by atoms with Crippen LogP contribution in [0.25, 0.3) is 33.4 Å². The van der Waals surface area contributed by atoms with Crippen LogP contribution in [0.15, 0.2) is 94.1 Å². The van der Waals surface area contributed by atoms with Crippen molar-refractivity contribution in [2.24, 2.45) is 0 Å². The van der Waals surface area contributed by atoms with Crippen LogP contribution in [0.4, 0.5) is 0 Å². The van der Waals surface area contributed by atoms with Gasteiger partial charge in [0, 0.05) is 46.2 Å². The number of phenolic OH excluding ortho intramolecular Hbond substituents is 2. The number of phenols is 2. The number of benzene rings is 5. The van der Waals surface area contributed by atoms with Crippen LogP contribution in [0.5, 0.6) is 28.7 Å². The van der Waals surface area contributed by atoms with Gasteiger partial charge in [-0.05, 0) is 146 Å². The molecule has 0 aromatic heterocycles. The van der Waals surface area contributed by atoms with Gasteiger partial charge in [0.1, 0.15) is 40.4 Å². The van der Waals surface area contributed by atoms with E-state index in [2.05, 4.69) is 50.5 Å². The zero-order valence-electron chi connectivity index (χ0n) is 25.3. The normalized spacial score (nSPS) is 11.7. The number of ether oxygens (including phenoxy) is 2. The summed E-state index contributed by atoms with van der Waals surface area (Å²) < 4.78 is 19.3. The van der Waals surface area contributed by atoms with E-state index < -0.39 is 17.9 Å². The predicted octanol–water partition coefficient (Wildman–Crippen LogP) is 7.54. The quantitative estimate of drug-likeness (QED) is 0.0611. The third kappa shape index (κ3) is 7.51. The number of carboxylic acids is 1. The van der Waals surface area contributed by atoms with Crippen molar-refractivity contribution in [2.75, 3.05) is 0 Å². The van der Waals surface area contributed by atoms with Crippen molar-refractivity contribution < 1.29 is 43.6 Å². The second-order valence-electron chi connectivity index (χ2n) is 10.9. The highest BCUT2D eigenvalue weighted by Gasteiger charge is 2.25. The number of hydrogen-bond acceptors (Lipinski definition) is 9. The summed E-state index contributed by atoms with van der Waals surface area (Å²) in [5.41, 5.74) is 2.05. The number of aromatic hydroxyl groups is 2. The molecule has 0 saturated carbocycles. The predicted molar refractivity (Wildman–Crippen MR) is 208 cm³/mol. The van der Waals surface area contributed by atoms with E-state index in [-0.39, 0.29) is 52.5 Å². The number of carbonyl (C=O) groups is 3. The molecule has 2 aliphatic rings. The van der Waals surface area contributed by atoms with Gasteiger partial charge in [0.25, 0.3) is 12.4 Å². The summed E-state index contributed by atoms with van der Waals surface area (Å²) in [5, 5.41) is 33.0. The number of carbonyl (C=O) groups excluding carboxylic acids is 2. The minimum absolute atomic E-state index is 0.00406. The molecule has 1 aliphatic carbocycles. The van der Waals surface area contributed by atoms with Crippen molar-refractivity contribution >= 4 is 97.1 Å². The van der Waals surface area contributed by atoms with Gasteiger partial charge in [0.05, 0.1) is 10.7 Å². The molecule has 11 nitrogen and oxygen atoms in total. The molecular weight excluding hydrogens is 987 g/mol. The summed E-state index contributed by atoms with van der Waals surface area (Å²) in [7, 11) is 0. The van der Waals surface area contributed by atoms with Crippen molar-refractivity contribution in [3.05, 3.63) is 117 Å². The van der Waals surface area contributed by atoms with Gasteiger partial charge >= 0.3 is 5.97 Å². The third-order valence-electron chi connectivity index (χ3n) is 7.61. The number of hydrogen-bond donors (Lipinski definition) is 4. The molecule has 1 heterocycles. The minimum Gasteiger partial charge on any atom is -0.508 e. The first kappa shape index (κ1) is 35.4. The SMILES string of the molecule is O=COc1cc(C(=O)NC(Cc2cc(I)c(Oc3ccc(O)c(I)c3)c(I)c2)C(=O)O)ccc1-c1c2ccc(=O)cc-2oc2cc(O)ccc12. The Labute approximate surface area is 324 Å². The third-order valence-corrected chi connectivity index (χ3v) is 10.1. The Morgan fingerprint density at radius 1 is 0.860 bits per heavy atom. The molecule has 1 atom stereocenters. The summed E-state index contributed by atoms with van der Waals surface area (Å²) in [4.78, 5) is 49.5. The van der Waals surface area contributed by atoms with Gasteiger partial charge in [-0.2, -0.15) is 0 Å². The first-order valence-corrected chi connectivity index (χ1v) is 17.8. The summed E-state index contributed by atoms with van der Waals surface area (Å²) in [6, 6.07) is 20.1. The maximum Gasteiger partial charge on any atom is 0.326 e. The lowest BCUT2D eigenvalue weighted by atomic mass is 9.92. The first-order valence-electron chi connectivity index (χ1n) is 14.5. The summed E-state index contributed by atoms with van der Waals surface area (Å²) in [6.07, 6.45) is -0.0414. The molecular formula is C36H22I3NO10. The zero-order chi connectivity index (χ0) is 35.7. The fourth-order valence-corrected chi connectivity index (χ4v) is 7.95. The number of aliphatic carboxylic acids is 1. The number of carboxylic acid groups (broad SMARTS) is 1. The van der Waals surface area contributed by atoms with E-state index in [9.17, 15) is 34.5 Å². The molecule has 252 valence electrons. The van der Waals surface area contributed by atoms with Crippen LogP contribution in [-0.4, -0.2) is 39.7 Å². The molecule has 1 amide bonds. The number of fused-ring (bicyclic) bond motifs is 2. The summed E-state index contributed by atoms with van der Waals surface area (Å²) >= 11 is 6.19. The van der Waals surface area contributed by atoms with Crippen molar-refractivity contribution in [1.82, 2.24) is 5.32 Å². The van der Waals surface area contributed by atoms with E-state index >= 15 is 0 Å². The van der Waals surface area contributed by atoms with Crippen molar-refractivity contribution in [3.8, 4) is 51.2 Å². The maximum atomic E-state index is 13.5. The molecule has 1 unspecified atom stereocenters. The van der Waals surface area contributed by atoms with Crippen LogP contribution in [0.1, 0.15) is 15.9 Å². The minimum atomic E-state index is -1.31. The van der Waals surface area contributed by atoms with Gasteiger partial charge < -0.3 is 34.5 Å². The number of amides is 1. The van der Waals surface area contributed by atoms with E-state index in [1.165, 1.54) is 42.5 Å². The lowest BCUT2D eigenvalue weighted by Crippen LogP contribution is -2.42. The van der Waals surface area contributed by atoms with Gasteiger partial charge in [-0.15, -0.1) is 0 Å². The molecule has 0 radical (unpaired) electrons. The van der Waals surface area contributed by atoms with Gasteiger partial charge in [-0.3, -0.25) is 14.4 Å². The molecule has 0 spiro atoms. The monoisotopic (exact) mass is 1010 g/mol. The molecule has 6 rings (SSSR count). The number of nitrogens with one attached hydrogen (secondary N) is 1. The Morgan fingerprint density at radius 3 is 2.30 bits per heavy atom. The van der Waals surface area contributed by atoms with E-state index in [0.29, 0.717) is 49.8 Å². The molecule has 0 bridgehead atoms. The summed E-state index contributed by atoms with van der Waals surface area (Å²) in [6.45, 7) is 0.207. The summed E-state index contributed by atoms with van der Waals surface area (Å²) in [5.74, 6) is -0.586. The Balaban J connectivity index is 1.29. The fourth-order valence-electron chi connectivity index (χ4n) is 5.34. The Bertz CT molecular complexity index is 2330. The Kier molecular flexibility index (Phi) is 10.5. The zero-order valence-corrected chi connectivity index (χ0v) is 31.8. The van der Waals surface area contributed by atoms with Crippen LogP contribution in [0.3, 0.4) is 0 Å². The average Bonchev–Trinajstić information content (AvgIpc) is 3.06. The molecule has 14 heteroatoms. The van der Waals surface area contributed by atoms with Gasteiger partial charge in [-0.25, -0.2) is 4.79 Å². The van der Waals surface area contributed by atoms with Crippen LogP contribution in [0.2, 0.25) is 0 Å². The average molecular weight is 1010 g/mol. The van der Waals surface area contributed by atoms with Gasteiger partial charge in [0.15, 0.2) is 11.2 Å². The van der Waals surface area contributed by atoms with E-state index in [1.807, 2.05) is 22.6 Å². The largest absolute Gasteiger partial charge is 0.508 e. The van der Waals surface area contributed by atoms with Crippen LogP contribution < -0.4 is 20.2 Å². The van der Waals surface area contributed by atoms with Crippen LogP contribution in [0, 0.1) is 10.7 Å². The van der Waals surface area contributed by atoms with Gasteiger partial charge in [-0.1, -0.05) is 0 Å². The van der Waals surface area contributed by atoms with E-state index in [4.69, 9.17) is 13.9 Å². The highest BCUT2D eigenvalue weighted by molar-refractivity contribution is 14.1. The molecule has 4 aromatic carbocycles. The van der Waals surface area contributed by atoms with E-state index in [0.717, 1.165) is 0 Å². The number of halogens is 3. The molecule has 1 aliphatic heterocycles. The molecule has 0 saturated heterocycles. The highest BCUT2D eigenvalue weighted by atomic mass is 127. The number of rotatable bonds is 10. The Morgan fingerprint density at radius 2 is 1.60 bits per heavy atom. The van der Waals surface area contributed by atoms with Gasteiger partial charge in [0.2, 0.25) is 0 Å². The second kappa shape index (κ2) is 14.8. The van der Waals surface area contributed by atoms with E-state index in [1.54, 1.807) is 42.5 Å². The topological polar surface area (TPSA) is 173 Å². The molecule has 50 heavy (non-hydrogen) atoms. The Hall–Kier alpha value is -4.43. The van der Waals surface area contributed by atoms with Crippen molar-refractivity contribution in [3.63, 3.8) is 0 Å². The second-order valence-corrected chi connectivity index (χ2v) is 14.4. The molecule has 0 fully saturated rings. The molecule has 4 aromatic rings. The standard InChI is InChI=1S/C36H22I3NO10/c37-25-15-21(4-8-29(25)44)49-34-26(38)9-17(10-27(34)39)11-28(36(46)47)40-35(45)18-1-5-22(30(12-18)48-16-41)33-23-6-2-19(42)13-31(23)50-32-14-20(43)3-7-24(32)33/h1-10,12-16,28,42,44H,11H2,(H,40,45)(H,46,47). The first-order chi connectivity index (χ1) is 23.9.